The molecule has 4 nitrogen and oxygen atoms in total. The topological polar surface area (TPSA) is 50.1 Å². The molecule has 0 fully saturated rings. The van der Waals surface area contributed by atoms with Gasteiger partial charge in [-0.2, -0.15) is 5.10 Å². The van der Waals surface area contributed by atoms with Gasteiger partial charge in [0.15, 0.2) is 0 Å². The molecule has 0 saturated carbocycles. The van der Waals surface area contributed by atoms with Gasteiger partial charge in [0.05, 0.1) is 11.8 Å². The number of aliphatic hydroxyl groups is 1. The molecule has 0 amide bonds. The maximum Gasteiger partial charge on any atom is 0.0784 e. The molecule has 0 radical (unpaired) electrons. The van der Waals surface area contributed by atoms with E-state index < -0.39 is 5.60 Å². The summed E-state index contributed by atoms with van der Waals surface area (Å²) in [6.07, 6.45) is 4.47. The van der Waals surface area contributed by atoms with E-state index in [0.29, 0.717) is 18.9 Å². The van der Waals surface area contributed by atoms with Crippen LogP contribution in [0.4, 0.5) is 0 Å². The minimum atomic E-state index is -0.712. The number of nitrogens with zero attached hydrogens (tertiary/aromatic N) is 2. The van der Waals surface area contributed by atoms with Crippen molar-refractivity contribution < 1.29 is 5.11 Å². The lowest BCUT2D eigenvalue weighted by atomic mass is 9.98. The summed E-state index contributed by atoms with van der Waals surface area (Å²) in [7, 11) is 0. The van der Waals surface area contributed by atoms with Crippen molar-refractivity contribution in [3.05, 3.63) is 18.0 Å². The molecule has 1 heterocycles. The first kappa shape index (κ1) is 14.2. The van der Waals surface area contributed by atoms with E-state index >= 15 is 0 Å². The molecule has 1 rings (SSSR count). The van der Waals surface area contributed by atoms with Crippen LogP contribution in [0.2, 0.25) is 0 Å². The standard InChI is InChI=1S/C13H25N3O/c1-5-16-9-12(8-15-16)6-13(4,17)10-14-7-11(2)3/h8-9,11,14,17H,5-7,10H2,1-4H3. The zero-order valence-corrected chi connectivity index (χ0v) is 11.4. The van der Waals surface area contributed by atoms with Gasteiger partial charge in [-0.3, -0.25) is 4.68 Å². The minimum absolute atomic E-state index is 0.605. The Balaban J connectivity index is 2.42. The van der Waals surface area contributed by atoms with Gasteiger partial charge in [-0.05, 0) is 31.9 Å². The second-order valence-electron chi connectivity index (χ2n) is 5.40. The van der Waals surface area contributed by atoms with Gasteiger partial charge >= 0.3 is 0 Å². The first-order valence-electron chi connectivity index (χ1n) is 6.37. The van der Waals surface area contributed by atoms with Crippen LogP contribution in [-0.4, -0.2) is 33.6 Å². The lowest BCUT2D eigenvalue weighted by Crippen LogP contribution is -2.40. The molecule has 0 spiro atoms. The van der Waals surface area contributed by atoms with Gasteiger partial charge in [-0.25, -0.2) is 0 Å². The number of rotatable bonds is 7. The van der Waals surface area contributed by atoms with Crippen LogP contribution in [0.3, 0.4) is 0 Å². The molecule has 1 aromatic heterocycles. The lowest BCUT2D eigenvalue weighted by Gasteiger charge is -2.23. The second kappa shape index (κ2) is 6.17. The molecule has 98 valence electrons. The molecule has 1 unspecified atom stereocenters. The van der Waals surface area contributed by atoms with E-state index in [2.05, 4.69) is 31.2 Å². The van der Waals surface area contributed by atoms with Crippen molar-refractivity contribution in [2.24, 2.45) is 5.92 Å². The zero-order valence-electron chi connectivity index (χ0n) is 11.4. The first-order chi connectivity index (χ1) is 7.93. The Morgan fingerprint density at radius 1 is 1.53 bits per heavy atom. The molecule has 1 aromatic rings. The number of nitrogens with one attached hydrogen (secondary N) is 1. The monoisotopic (exact) mass is 239 g/mol. The van der Waals surface area contributed by atoms with Crippen LogP contribution >= 0.6 is 0 Å². The molecule has 4 heteroatoms. The van der Waals surface area contributed by atoms with Crippen LogP contribution in [-0.2, 0) is 13.0 Å². The van der Waals surface area contributed by atoms with E-state index in [0.717, 1.165) is 18.7 Å². The summed E-state index contributed by atoms with van der Waals surface area (Å²) in [6, 6.07) is 0. The Morgan fingerprint density at radius 3 is 2.76 bits per heavy atom. The maximum absolute atomic E-state index is 10.3. The van der Waals surface area contributed by atoms with Crippen molar-refractivity contribution in [3.8, 4) is 0 Å². The fourth-order valence-electron chi connectivity index (χ4n) is 1.80. The van der Waals surface area contributed by atoms with E-state index in [-0.39, 0.29) is 0 Å². The summed E-state index contributed by atoms with van der Waals surface area (Å²) in [5.74, 6) is 0.605. The van der Waals surface area contributed by atoms with Gasteiger partial charge in [0.25, 0.3) is 0 Å². The summed E-state index contributed by atoms with van der Waals surface area (Å²) < 4.78 is 1.88. The highest BCUT2D eigenvalue weighted by atomic mass is 16.3. The zero-order chi connectivity index (χ0) is 12.9. The van der Waals surface area contributed by atoms with Crippen LogP contribution in [0.25, 0.3) is 0 Å². The molecule has 1 atom stereocenters. The summed E-state index contributed by atoms with van der Waals surface area (Å²) in [5, 5.41) is 17.8. The Morgan fingerprint density at radius 2 is 2.24 bits per heavy atom. The summed E-state index contributed by atoms with van der Waals surface area (Å²) in [6.45, 7) is 10.7. The second-order valence-corrected chi connectivity index (χ2v) is 5.40. The van der Waals surface area contributed by atoms with Crippen LogP contribution in [0.15, 0.2) is 12.4 Å². The molecule has 0 aromatic carbocycles. The third kappa shape index (κ3) is 5.33. The molecule has 0 aliphatic rings. The van der Waals surface area contributed by atoms with Crippen LogP contribution in [0.5, 0.6) is 0 Å². The fraction of sp³-hybridized carbons (Fsp3) is 0.769. The largest absolute Gasteiger partial charge is 0.389 e. The van der Waals surface area contributed by atoms with Gasteiger partial charge in [0.2, 0.25) is 0 Å². The predicted octanol–water partition coefficient (Wildman–Crippen LogP) is 1.44. The third-order valence-electron chi connectivity index (χ3n) is 2.65. The predicted molar refractivity (Wildman–Crippen MR) is 69.9 cm³/mol. The van der Waals surface area contributed by atoms with Crippen LogP contribution in [0, 0.1) is 5.92 Å². The van der Waals surface area contributed by atoms with Crippen molar-refractivity contribution in [2.75, 3.05) is 13.1 Å². The highest BCUT2D eigenvalue weighted by Crippen LogP contribution is 2.11. The normalized spacial score (nSPS) is 15.2. The van der Waals surface area contributed by atoms with E-state index in [1.54, 1.807) is 0 Å². The maximum atomic E-state index is 10.3. The number of hydrogen-bond donors (Lipinski definition) is 2. The highest BCUT2D eigenvalue weighted by Gasteiger charge is 2.21. The summed E-state index contributed by atoms with van der Waals surface area (Å²) >= 11 is 0. The molecular weight excluding hydrogens is 214 g/mol. The van der Waals surface area contributed by atoms with Gasteiger partial charge in [-0.1, -0.05) is 13.8 Å². The molecule has 0 aliphatic heterocycles. The number of hydrogen-bond acceptors (Lipinski definition) is 3. The quantitative estimate of drug-likeness (QED) is 0.757. The number of aromatic nitrogens is 2. The Hall–Kier alpha value is -0.870. The van der Waals surface area contributed by atoms with Gasteiger partial charge in [0, 0.05) is 25.7 Å². The van der Waals surface area contributed by atoms with Gasteiger partial charge in [-0.15, -0.1) is 0 Å². The fourth-order valence-corrected chi connectivity index (χ4v) is 1.80. The molecule has 0 saturated heterocycles. The van der Waals surface area contributed by atoms with Crippen molar-refractivity contribution in [3.63, 3.8) is 0 Å². The van der Waals surface area contributed by atoms with Crippen LogP contribution in [0.1, 0.15) is 33.3 Å². The van der Waals surface area contributed by atoms with Gasteiger partial charge in [0.1, 0.15) is 0 Å². The lowest BCUT2D eigenvalue weighted by molar-refractivity contribution is 0.0595. The highest BCUT2D eigenvalue weighted by molar-refractivity contribution is 5.08. The summed E-state index contributed by atoms with van der Waals surface area (Å²) in [4.78, 5) is 0. The van der Waals surface area contributed by atoms with Crippen molar-refractivity contribution >= 4 is 0 Å². The Bertz CT molecular complexity index is 331. The van der Waals surface area contributed by atoms with Crippen molar-refractivity contribution in [1.82, 2.24) is 15.1 Å². The van der Waals surface area contributed by atoms with Crippen molar-refractivity contribution in [2.45, 2.75) is 46.3 Å². The first-order valence-corrected chi connectivity index (χ1v) is 6.37. The van der Waals surface area contributed by atoms with Crippen LogP contribution < -0.4 is 5.32 Å². The Labute approximate surface area is 104 Å². The average Bonchev–Trinajstić information content (AvgIpc) is 2.63. The molecule has 2 N–H and O–H groups in total. The molecular formula is C13H25N3O. The minimum Gasteiger partial charge on any atom is -0.389 e. The van der Waals surface area contributed by atoms with E-state index in [9.17, 15) is 5.11 Å². The summed E-state index contributed by atoms with van der Waals surface area (Å²) in [5.41, 5.74) is 0.374. The Kier molecular flexibility index (Phi) is 5.15. The average molecular weight is 239 g/mol. The van der Waals surface area contributed by atoms with Crippen molar-refractivity contribution in [1.29, 1.82) is 0 Å². The SMILES string of the molecule is CCn1cc(CC(C)(O)CNCC(C)C)cn1. The van der Waals surface area contributed by atoms with E-state index in [1.807, 2.05) is 24.0 Å². The van der Waals surface area contributed by atoms with E-state index in [4.69, 9.17) is 0 Å². The van der Waals surface area contributed by atoms with E-state index in [1.165, 1.54) is 0 Å². The van der Waals surface area contributed by atoms with Gasteiger partial charge < -0.3 is 10.4 Å². The molecule has 17 heavy (non-hydrogen) atoms. The molecule has 0 bridgehead atoms. The number of aryl methyl sites for hydroxylation is 1. The third-order valence-corrected chi connectivity index (χ3v) is 2.65. The smallest absolute Gasteiger partial charge is 0.0784 e. The molecule has 0 aliphatic carbocycles.